The highest BCUT2D eigenvalue weighted by Crippen LogP contribution is 2.62. The molecule has 6 atom stereocenters. The maximum atomic E-state index is 13.9. The summed E-state index contributed by atoms with van der Waals surface area (Å²) in [5, 5.41) is 10.7. The number of carbonyl (C=O) groups excluding carboxylic acids is 3. The molecule has 1 saturated carbocycles. The van der Waals surface area contributed by atoms with Crippen LogP contribution >= 0.6 is 0 Å². The summed E-state index contributed by atoms with van der Waals surface area (Å²) in [7, 11) is 5.51. The van der Waals surface area contributed by atoms with Gasteiger partial charge < -0.3 is 24.4 Å². The third-order valence-corrected chi connectivity index (χ3v) is 9.20. The molecule has 194 valence electrons. The molecule has 4 rings (SSSR count). The zero-order valence-electron chi connectivity index (χ0n) is 21.9. The summed E-state index contributed by atoms with van der Waals surface area (Å²) in [6, 6.07) is 0. The first-order chi connectivity index (χ1) is 16.5. The molecular formula is C27H40N2O6. The van der Waals surface area contributed by atoms with Gasteiger partial charge in [-0.2, -0.15) is 0 Å². The van der Waals surface area contributed by atoms with Gasteiger partial charge in [0.2, 0.25) is 11.6 Å². The van der Waals surface area contributed by atoms with Crippen LogP contribution in [0.25, 0.3) is 0 Å². The van der Waals surface area contributed by atoms with Crippen molar-refractivity contribution in [3.05, 3.63) is 22.9 Å². The fourth-order valence-electron chi connectivity index (χ4n) is 6.94. The first-order valence-electron chi connectivity index (χ1n) is 12.8. The van der Waals surface area contributed by atoms with E-state index in [1.165, 1.54) is 0 Å². The predicted molar refractivity (Wildman–Crippen MR) is 130 cm³/mol. The number of methoxy groups -OCH3 is 1. The van der Waals surface area contributed by atoms with Gasteiger partial charge in [-0.1, -0.05) is 19.4 Å². The van der Waals surface area contributed by atoms with Crippen LogP contribution in [0.1, 0.15) is 46.5 Å². The molecule has 1 aliphatic heterocycles. The fraction of sp³-hybridized carbons (Fsp3) is 0.741. The Morgan fingerprint density at radius 3 is 2.51 bits per heavy atom. The van der Waals surface area contributed by atoms with Crippen molar-refractivity contribution in [1.29, 1.82) is 0 Å². The van der Waals surface area contributed by atoms with Crippen LogP contribution in [0.15, 0.2) is 22.9 Å². The smallest absolute Gasteiger partial charge is 0.336 e. The number of hydrogen-bond acceptors (Lipinski definition) is 8. The van der Waals surface area contributed by atoms with Crippen LogP contribution in [-0.2, 0) is 23.9 Å². The summed E-state index contributed by atoms with van der Waals surface area (Å²) in [5.74, 6) is -2.64. The zero-order chi connectivity index (χ0) is 25.7. The monoisotopic (exact) mass is 488 g/mol. The Morgan fingerprint density at radius 1 is 1.17 bits per heavy atom. The van der Waals surface area contributed by atoms with Gasteiger partial charge in [-0.05, 0) is 52.6 Å². The summed E-state index contributed by atoms with van der Waals surface area (Å²) >= 11 is 0. The molecule has 0 bridgehead atoms. The second-order valence-corrected chi connectivity index (χ2v) is 11.3. The first kappa shape index (κ1) is 26.0. The molecule has 8 nitrogen and oxygen atoms in total. The lowest BCUT2D eigenvalue weighted by Crippen LogP contribution is -2.60. The van der Waals surface area contributed by atoms with Gasteiger partial charge in [0.15, 0.2) is 0 Å². The number of nitrogens with zero attached hydrogens (tertiary/aromatic N) is 2. The highest BCUT2D eigenvalue weighted by Gasteiger charge is 2.64. The van der Waals surface area contributed by atoms with Crippen LogP contribution in [0, 0.1) is 22.7 Å². The Labute approximate surface area is 208 Å². The summed E-state index contributed by atoms with van der Waals surface area (Å²) in [6.45, 7) is 8.26. The molecule has 1 saturated heterocycles. The van der Waals surface area contributed by atoms with Crippen LogP contribution in [-0.4, -0.2) is 92.1 Å². The summed E-state index contributed by atoms with van der Waals surface area (Å²) in [4.78, 5) is 44.9. The van der Waals surface area contributed by atoms with Crippen LogP contribution in [0.5, 0.6) is 0 Å². The van der Waals surface area contributed by atoms with Gasteiger partial charge in [0.05, 0.1) is 24.2 Å². The lowest BCUT2D eigenvalue weighted by Gasteiger charge is -2.54. The molecule has 8 heteroatoms. The molecule has 2 fully saturated rings. The maximum Gasteiger partial charge on any atom is 0.336 e. The molecule has 0 spiro atoms. The predicted octanol–water partition coefficient (Wildman–Crippen LogP) is 1.97. The van der Waals surface area contributed by atoms with Crippen molar-refractivity contribution in [3.8, 4) is 0 Å². The van der Waals surface area contributed by atoms with Gasteiger partial charge in [-0.25, -0.2) is 4.79 Å². The Balaban J connectivity index is 1.85. The van der Waals surface area contributed by atoms with Crippen molar-refractivity contribution in [2.75, 3.05) is 47.4 Å². The van der Waals surface area contributed by atoms with Crippen molar-refractivity contribution in [2.24, 2.45) is 22.7 Å². The lowest BCUT2D eigenvalue weighted by molar-refractivity contribution is -0.171. The SMILES string of the molecule is CCN(C=C1C(=O)OC(COC)C2(C)C3=C(C(=O)C(=O)C12)C1CCC(O)C1(C)CC3)CCN(C)C. The average Bonchev–Trinajstić information content (AvgIpc) is 3.11. The molecule has 0 aromatic rings. The second-order valence-electron chi connectivity index (χ2n) is 11.3. The summed E-state index contributed by atoms with van der Waals surface area (Å²) in [6.07, 6.45) is 3.21. The number of Topliss-reactive ketones (excluding diaryl/α,β-unsaturated/α-hetero) is 2. The van der Waals surface area contributed by atoms with Crippen molar-refractivity contribution in [2.45, 2.75) is 58.7 Å². The number of hydrogen-bond donors (Lipinski definition) is 1. The first-order valence-corrected chi connectivity index (χ1v) is 12.8. The van der Waals surface area contributed by atoms with E-state index in [9.17, 15) is 19.5 Å². The van der Waals surface area contributed by atoms with Crippen molar-refractivity contribution < 1.29 is 29.0 Å². The summed E-state index contributed by atoms with van der Waals surface area (Å²) in [5.41, 5.74) is 0.457. The Morgan fingerprint density at radius 2 is 1.89 bits per heavy atom. The molecule has 0 aromatic carbocycles. The quantitative estimate of drug-likeness (QED) is 0.330. The minimum Gasteiger partial charge on any atom is -0.456 e. The molecular weight excluding hydrogens is 448 g/mol. The summed E-state index contributed by atoms with van der Waals surface area (Å²) < 4.78 is 11.4. The molecule has 35 heavy (non-hydrogen) atoms. The number of ketones is 2. The molecule has 6 unspecified atom stereocenters. The highest BCUT2D eigenvalue weighted by molar-refractivity contribution is 6.46. The van der Waals surface area contributed by atoms with Crippen molar-refractivity contribution in [3.63, 3.8) is 0 Å². The van der Waals surface area contributed by atoms with Crippen LogP contribution in [0.4, 0.5) is 0 Å². The van der Waals surface area contributed by atoms with E-state index in [1.54, 1.807) is 13.3 Å². The van der Waals surface area contributed by atoms with Gasteiger partial charge in [0.1, 0.15) is 6.10 Å². The normalized spacial score (nSPS) is 37.9. The van der Waals surface area contributed by atoms with E-state index in [4.69, 9.17) is 9.47 Å². The number of aliphatic hydroxyl groups excluding tert-OH is 1. The van der Waals surface area contributed by atoms with Gasteiger partial charge in [-0.3, -0.25) is 9.59 Å². The van der Waals surface area contributed by atoms with E-state index >= 15 is 0 Å². The van der Waals surface area contributed by atoms with Gasteiger partial charge in [0.25, 0.3) is 0 Å². The Hall–Kier alpha value is -2.03. The third kappa shape index (κ3) is 3.98. The molecule has 4 aliphatic rings. The van der Waals surface area contributed by atoms with E-state index < -0.39 is 46.5 Å². The zero-order valence-corrected chi connectivity index (χ0v) is 21.9. The molecule has 1 N–H and O–H groups in total. The standard InChI is InChI=1S/C27H40N2O6/c1-7-29(13-12-28(4)5)14-16-22-24(32)23(31)21-17-8-9-19(30)26(17,2)11-10-18(21)27(22,3)20(15-34-6)35-25(16)33/h14,17,19-20,22,30H,7-13,15H2,1-6H3. The fourth-order valence-corrected chi connectivity index (χ4v) is 6.94. The van der Waals surface area contributed by atoms with E-state index in [-0.39, 0.29) is 18.1 Å². The largest absolute Gasteiger partial charge is 0.456 e. The average molecular weight is 489 g/mol. The number of rotatable bonds is 7. The number of allylic oxidation sites excluding steroid dienone is 1. The number of esters is 1. The number of likely N-dealkylation sites (N-methyl/N-ethyl adjacent to an activating group) is 2. The van der Waals surface area contributed by atoms with Crippen molar-refractivity contribution >= 4 is 17.5 Å². The third-order valence-electron chi connectivity index (χ3n) is 9.20. The molecule has 0 aromatic heterocycles. The van der Waals surface area contributed by atoms with Crippen LogP contribution in [0.2, 0.25) is 0 Å². The van der Waals surface area contributed by atoms with Crippen molar-refractivity contribution in [1.82, 2.24) is 9.80 Å². The topological polar surface area (TPSA) is 96.4 Å². The van der Waals surface area contributed by atoms with Gasteiger partial charge >= 0.3 is 5.97 Å². The lowest BCUT2D eigenvalue weighted by atomic mass is 9.51. The number of ether oxygens (including phenoxy) is 2. The van der Waals surface area contributed by atoms with E-state index in [0.29, 0.717) is 37.9 Å². The highest BCUT2D eigenvalue weighted by atomic mass is 16.6. The second kappa shape index (κ2) is 9.45. The molecule has 3 aliphatic carbocycles. The van der Waals surface area contributed by atoms with E-state index in [1.807, 2.05) is 39.8 Å². The van der Waals surface area contributed by atoms with Gasteiger partial charge in [0, 0.05) is 49.3 Å². The number of aliphatic hydroxyl groups is 1. The van der Waals surface area contributed by atoms with Crippen LogP contribution < -0.4 is 0 Å². The number of fused-ring (bicyclic) bond motifs is 4. The minimum absolute atomic E-state index is 0.146. The maximum absolute atomic E-state index is 13.9. The van der Waals surface area contributed by atoms with Gasteiger partial charge in [-0.15, -0.1) is 0 Å². The molecule has 1 heterocycles. The molecule has 0 amide bonds. The van der Waals surface area contributed by atoms with Crippen LogP contribution in [0.3, 0.4) is 0 Å². The Kier molecular flexibility index (Phi) is 7.03. The van der Waals surface area contributed by atoms with E-state index in [0.717, 1.165) is 18.5 Å². The number of cyclic esters (lactones) is 1. The number of carbonyl (C=O) groups is 3. The Bertz CT molecular complexity index is 971. The molecule has 0 radical (unpaired) electrons. The minimum atomic E-state index is -0.903. The van der Waals surface area contributed by atoms with E-state index in [2.05, 4.69) is 4.90 Å².